The molecule has 1 heterocycles. The van der Waals surface area contributed by atoms with E-state index in [0.717, 1.165) is 39.6 Å². The molecule has 0 fully saturated rings. The first-order valence-electron chi connectivity index (χ1n) is 11.8. The number of ether oxygens (including phenoxy) is 4. The third-order valence-corrected chi connectivity index (χ3v) is 5.88. The van der Waals surface area contributed by atoms with Crippen LogP contribution in [0.2, 0.25) is 0 Å². The van der Waals surface area contributed by atoms with Gasteiger partial charge in [-0.1, -0.05) is 48.5 Å². The lowest BCUT2D eigenvalue weighted by molar-refractivity contribution is -0.116. The maximum Gasteiger partial charge on any atom is 0.231 e. The van der Waals surface area contributed by atoms with Crippen molar-refractivity contribution in [3.05, 3.63) is 114 Å². The van der Waals surface area contributed by atoms with Crippen molar-refractivity contribution in [1.29, 1.82) is 0 Å². The molecule has 0 saturated carbocycles. The second-order valence-corrected chi connectivity index (χ2v) is 8.49. The summed E-state index contributed by atoms with van der Waals surface area (Å²) in [5.41, 5.74) is 3.93. The normalized spacial score (nSPS) is 11.7. The summed E-state index contributed by atoms with van der Waals surface area (Å²) in [6, 6.07) is 31.2. The number of hydrogen-bond donors (Lipinski definition) is 0. The average molecular weight is 482 g/mol. The average Bonchev–Trinajstić information content (AvgIpc) is 3.39. The summed E-state index contributed by atoms with van der Waals surface area (Å²) >= 11 is 0. The predicted octanol–water partition coefficient (Wildman–Crippen LogP) is 6.13. The van der Waals surface area contributed by atoms with Crippen LogP contribution in [0.5, 0.6) is 23.0 Å². The summed E-state index contributed by atoms with van der Waals surface area (Å²) in [6.45, 7) is 3.19. The summed E-state index contributed by atoms with van der Waals surface area (Å²) in [6.07, 6.45) is 0. The predicted molar refractivity (Wildman–Crippen MR) is 137 cm³/mol. The van der Waals surface area contributed by atoms with E-state index in [1.165, 1.54) is 0 Å². The standard InChI is InChI=1S/C30H27NO5/c1-22(32)31(18-25-9-16-29-30(17-25)36-21-35-29)26-10-7-24(8-11-26)20-34-28-14-12-27(13-15-28)33-19-23-5-3-2-4-6-23/h2-17H,18-21H2,1H3. The van der Waals surface area contributed by atoms with Crippen LogP contribution in [0.3, 0.4) is 0 Å². The molecule has 6 nitrogen and oxygen atoms in total. The van der Waals surface area contributed by atoms with Crippen molar-refractivity contribution in [2.45, 2.75) is 26.7 Å². The van der Waals surface area contributed by atoms with Gasteiger partial charge in [-0.15, -0.1) is 0 Å². The molecule has 0 saturated heterocycles. The number of benzene rings is 4. The molecule has 0 bridgehead atoms. The lowest BCUT2D eigenvalue weighted by atomic mass is 10.1. The van der Waals surface area contributed by atoms with Gasteiger partial charge in [-0.05, 0) is 65.2 Å². The van der Waals surface area contributed by atoms with Crippen molar-refractivity contribution < 1.29 is 23.7 Å². The monoisotopic (exact) mass is 481 g/mol. The third-order valence-electron chi connectivity index (χ3n) is 5.88. The van der Waals surface area contributed by atoms with Gasteiger partial charge >= 0.3 is 0 Å². The van der Waals surface area contributed by atoms with E-state index in [-0.39, 0.29) is 12.7 Å². The van der Waals surface area contributed by atoms with E-state index in [1.807, 2.05) is 97.1 Å². The van der Waals surface area contributed by atoms with Crippen LogP contribution in [0.15, 0.2) is 97.1 Å². The zero-order chi connectivity index (χ0) is 24.7. The first kappa shape index (κ1) is 23.3. The van der Waals surface area contributed by atoms with Gasteiger partial charge in [-0.25, -0.2) is 0 Å². The zero-order valence-corrected chi connectivity index (χ0v) is 20.1. The van der Waals surface area contributed by atoms with Crippen LogP contribution in [0.25, 0.3) is 0 Å². The van der Waals surface area contributed by atoms with Crippen LogP contribution in [0.1, 0.15) is 23.6 Å². The van der Waals surface area contributed by atoms with Crippen molar-refractivity contribution >= 4 is 11.6 Å². The van der Waals surface area contributed by atoms with Gasteiger partial charge in [0, 0.05) is 12.6 Å². The molecule has 0 aromatic heterocycles. The number of hydrogen-bond acceptors (Lipinski definition) is 5. The molecule has 0 aliphatic carbocycles. The van der Waals surface area contributed by atoms with Crippen molar-refractivity contribution in [2.75, 3.05) is 11.7 Å². The van der Waals surface area contributed by atoms with E-state index in [4.69, 9.17) is 18.9 Å². The van der Waals surface area contributed by atoms with Gasteiger partial charge in [0.1, 0.15) is 24.7 Å². The molecule has 36 heavy (non-hydrogen) atoms. The topological polar surface area (TPSA) is 57.2 Å². The highest BCUT2D eigenvalue weighted by atomic mass is 16.7. The van der Waals surface area contributed by atoms with Crippen LogP contribution in [0, 0.1) is 0 Å². The SMILES string of the molecule is CC(=O)N(Cc1ccc2c(c1)OCO2)c1ccc(COc2ccc(OCc3ccccc3)cc2)cc1. The molecule has 4 aromatic carbocycles. The molecule has 1 amide bonds. The Morgan fingerprint density at radius 3 is 1.94 bits per heavy atom. The molecule has 0 radical (unpaired) electrons. The molecule has 1 aliphatic heterocycles. The lowest BCUT2D eigenvalue weighted by Gasteiger charge is -2.22. The lowest BCUT2D eigenvalue weighted by Crippen LogP contribution is -2.27. The molecular formula is C30H27NO5. The summed E-state index contributed by atoms with van der Waals surface area (Å²) in [7, 11) is 0. The Morgan fingerprint density at radius 1 is 0.722 bits per heavy atom. The van der Waals surface area contributed by atoms with Gasteiger partial charge in [-0.3, -0.25) is 4.79 Å². The van der Waals surface area contributed by atoms with Crippen molar-refractivity contribution in [2.24, 2.45) is 0 Å². The summed E-state index contributed by atoms with van der Waals surface area (Å²) in [5.74, 6) is 2.96. The van der Waals surface area contributed by atoms with Crippen LogP contribution in [-0.2, 0) is 24.6 Å². The minimum atomic E-state index is -0.0359. The summed E-state index contributed by atoms with van der Waals surface area (Å²) < 4.78 is 22.6. The van der Waals surface area contributed by atoms with E-state index in [9.17, 15) is 4.79 Å². The van der Waals surface area contributed by atoms with Gasteiger partial charge < -0.3 is 23.8 Å². The van der Waals surface area contributed by atoms with E-state index in [1.54, 1.807) is 11.8 Å². The molecule has 5 rings (SSSR count). The van der Waals surface area contributed by atoms with Gasteiger partial charge in [0.25, 0.3) is 0 Å². The fourth-order valence-electron chi connectivity index (χ4n) is 3.92. The Hall–Kier alpha value is -4.45. The molecule has 0 atom stereocenters. The molecule has 0 spiro atoms. The number of fused-ring (bicyclic) bond motifs is 1. The molecular weight excluding hydrogens is 454 g/mol. The van der Waals surface area contributed by atoms with Crippen LogP contribution in [0.4, 0.5) is 5.69 Å². The molecule has 182 valence electrons. The second-order valence-electron chi connectivity index (χ2n) is 8.49. The van der Waals surface area contributed by atoms with E-state index in [2.05, 4.69) is 0 Å². The summed E-state index contributed by atoms with van der Waals surface area (Å²) in [5, 5.41) is 0. The Morgan fingerprint density at radius 2 is 1.31 bits per heavy atom. The minimum Gasteiger partial charge on any atom is -0.489 e. The Kier molecular flexibility index (Phi) is 7.03. The maximum atomic E-state index is 12.4. The molecule has 0 N–H and O–H groups in total. The van der Waals surface area contributed by atoms with Crippen LogP contribution >= 0.6 is 0 Å². The van der Waals surface area contributed by atoms with Crippen LogP contribution in [-0.4, -0.2) is 12.7 Å². The molecule has 6 heteroatoms. The Bertz CT molecular complexity index is 1300. The quantitative estimate of drug-likeness (QED) is 0.288. The summed E-state index contributed by atoms with van der Waals surface area (Å²) in [4.78, 5) is 14.1. The zero-order valence-electron chi connectivity index (χ0n) is 20.1. The third kappa shape index (κ3) is 5.78. The Balaban J connectivity index is 1.16. The highest BCUT2D eigenvalue weighted by molar-refractivity contribution is 5.91. The highest BCUT2D eigenvalue weighted by Gasteiger charge is 2.17. The first-order chi connectivity index (χ1) is 17.6. The number of carbonyl (C=O) groups is 1. The Labute approximate surface area is 210 Å². The first-order valence-corrected chi connectivity index (χ1v) is 11.8. The van der Waals surface area contributed by atoms with E-state index < -0.39 is 0 Å². The fourth-order valence-corrected chi connectivity index (χ4v) is 3.92. The van der Waals surface area contributed by atoms with Gasteiger partial charge in [0.2, 0.25) is 12.7 Å². The van der Waals surface area contributed by atoms with Crippen LogP contribution < -0.4 is 23.8 Å². The molecule has 1 aliphatic rings. The largest absolute Gasteiger partial charge is 0.489 e. The van der Waals surface area contributed by atoms with E-state index >= 15 is 0 Å². The fraction of sp³-hybridized carbons (Fsp3) is 0.167. The maximum absolute atomic E-state index is 12.4. The second kappa shape index (κ2) is 10.9. The van der Waals surface area contributed by atoms with E-state index in [0.29, 0.717) is 25.5 Å². The van der Waals surface area contributed by atoms with Crippen molar-refractivity contribution in [3.8, 4) is 23.0 Å². The van der Waals surface area contributed by atoms with Gasteiger partial charge in [0.05, 0.1) is 6.54 Å². The van der Waals surface area contributed by atoms with Gasteiger partial charge in [-0.2, -0.15) is 0 Å². The molecule has 4 aromatic rings. The minimum absolute atomic E-state index is 0.0359. The number of nitrogens with zero attached hydrogens (tertiary/aromatic N) is 1. The smallest absolute Gasteiger partial charge is 0.231 e. The van der Waals surface area contributed by atoms with Crippen molar-refractivity contribution in [3.63, 3.8) is 0 Å². The number of amides is 1. The molecule has 0 unspecified atom stereocenters. The van der Waals surface area contributed by atoms with Gasteiger partial charge in [0.15, 0.2) is 11.5 Å². The number of carbonyl (C=O) groups excluding carboxylic acids is 1. The number of rotatable bonds is 9. The van der Waals surface area contributed by atoms with Crippen molar-refractivity contribution in [1.82, 2.24) is 0 Å². The number of anilines is 1. The highest BCUT2D eigenvalue weighted by Crippen LogP contribution is 2.33.